The molecule has 0 saturated carbocycles. The lowest BCUT2D eigenvalue weighted by atomic mass is 9.92. The van der Waals surface area contributed by atoms with E-state index < -0.39 is 0 Å². The Morgan fingerprint density at radius 2 is 1.74 bits per heavy atom. The lowest BCUT2D eigenvalue weighted by Crippen LogP contribution is -1.96. The molecule has 0 heterocycles. The van der Waals surface area contributed by atoms with Crippen molar-refractivity contribution >= 4 is 12.2 Å². The van der Waals surface area contributed by atoms with Gasteiger partial charge >= 0.3 is 0 Å². The number of hydrogen-bond donors (Lipinski definition) is 0. The summed E-state index contributed by atoms with van der Waals surface area (Å²) in [6, 6.07) is 20.6. The van der Waals surface area contributed by atoms with Gasteiger partial charge in [0.15, 0.2) is 0 Å². The third-order valence-corrected chi connectivity index (χ3v) is 3.39. The maximum absolute atomic E-state index is 9.42. The fraction of sp³-hybridized carbons (Fsp3) is 0.0556. The van der Waals surface area contributed by atoms with Gasteiger partial charge in [0.2, 0.25) is 0 Å². The molecule has 1 nitrogen and oxygen atoms in total. The second kappa shape index (κ2) is 4.96. The first kappa shape index (κ1) is 11.5. The van der Waals surface area contributed by atoms with Crippen molar-refractivity contribution in [1.29, 1.82) is 5.26 Å². The van der Waals surface area contributed by atoms with E-state index in [1.54, 1.807) is 0 Å². The fourth-order valence-corrected chi connectivity index (χ4v) is 2.44. The van der Waals surface area contributed by atoms with E-state index in [0.29, 0.717) is 0 Å². The van der Waals surface area contributed by atoms with E-state index in [0.717, 1.165) is 11.1 Å². The highest BCUT2D eigenvalue weighted by Gasteiger charge is 2.20. The van der Waals surface area contributed by atoms with Gasteiger partial charge in [-0.1, -0.05) is 66.7 Å². The van der Waals surface area contributed by atoms with Crippen LogP contribution in [-0.2, 0) is 0 Å². The molecule has 1 aliphatic carbocycles. The Kier molecular flexibility index (Phi) is 3.00. The maximum Gasteiger partial charge on any atom is 0.0957 e. The van der Waals surface area contributed by atoms with Crippen molar-refractivity contribution in [2.45, 2.75) is 5.92 Å². The second-order valence-electron chi connectivity index (χ2n) is 4.59. The van der Waals surface area contributed by atoms with Crippen LogP contribution in [0.3, 0.4) is 0 Å². The highest BCUT2D eigenvalue weighted by molar-refractivity contribution is 5.70. The minimum absolute atomic E-state index is 0.0846. The minimum Gasteiger partial charge on any atom is -0.193 e. The van der Waals surface area contributed by atoms with E-state index in [4.69, 9.17) is 0 Å². The molecule has 1 atom stereocenters. The molecule has 3 rings (SSSR count). The van der Waals surface area contributed by atoms with Crippen LogP contribution in [0, 0.1) is 11.3 Å². The molecular formula is C18H13N. The molecule has 0 N–H and O–H groups in total. The largest absolute Gasteiger partial charge is 0.193 e. The first-order valence-electron chi connectivity index (χ1n) is 6.32. The number of nitriles is 1. The van der Waals surface area contributed by atoms with Crippen molar-refractivity contribution in [3.8, 4) is 6.07 Å². The number of benzene rings is 2. The van der Waals surface area contributed by atoms with Crippen LogP contribution in [0.4, 0.5) is 0 Å². The summed E-state index contributed by atoms with van der Waals surface area (Å²) in [5.74, 6) is 0.0846. The standard InChI is InChI=1S/C18H13N/c19-13-16(12-14-6-2-1-3-7-14)18-11-10-15-8-4-5-9-17(15)18/h1-12,18H. The van der Waals surface area contributed by atoms with Gasteiger partial charge in [0.05, 0.1) is 6.07 Å². The van der Waals surface area contributed by atoms with E-state index >= 15 is 0 Å². The molecule has 0 fully saturated rings. The Balaban J connectivity index is 2.00. The summed E-state index contributed by atoms with van der Waals surface area (Å²) < 4.78 is 0. The predicted molar refractivity (Wildman–Crippen MR) is 78.2 cm³/mol. The molecule has 0 bridgehead atoms. The normalized spacial score (nSPS) is 17.0. The monoisotopic (exact) mass is 243 g/mol. The van der Waals surface area contributed by atoms with Crippen molar-refractivity contribution in [2.24, 2.45) is 0 Å². The van der Waals surface area contributed by atoms with Gasteiger partial charge in [-0.2, -0.15) is 5.26 Å². The van der Waals surface area contributed by atoms with E-state index in [2.05, 4.69) is 30.4 Å². The summed E-state index contributed by atoms with van der Waals surface area (Å²) in [5.41, 5.74) is 4.28. The Morgan fingerprint density at radius 3 is 2.53 bits per heavy atom. The van der Waals surface area contributed by atoms with Gasteiger partial charge in [-0.15, -0.1) is 0 Å². The highest BCUT2D eigenvalue weighted by atomic mass is 14.3. The maximum atomic E-state index is 9.42. The van der Waals surface area contributed by atoms with Crippen LogP contribution < -0.4 is 0 Å². The van der Waals surface area contributed by atoms with Crippen molar-refractivity contribution in [2.75, 3.05) is 0 Å². The van der Waals surface area contributed by atoms with E-state index in [1.165, 1.54) is 11.1 Å². The molecule has 90 valence electrons. The number of hydrogen-bond acceptors (Lipinski definition) is 1. The lowest BCUT2D eigenvalue weighted by Gasteiger charge is -2.09. The number of fused-ring (bicyclic) bond motifs is 1. The fourth-order valence-electron chi connectivity index (χ4n) is 2.44. The second-order valence-corrected chi connectivity index (χ2v) is 4.59. The van der Waals surface area contributed by atoms with Gasteiger partial charge in [0.1, 0.15) is 0 Å². The molecule has 1 unspecified atom stereocenters. The number of rotatable bonds is 2. The summed E-state index contributed by atoms with van der Waals surface area (Å²) in [5, 5.41) is 9.42. The molecule has 0 spiro atoms. The zero-order valence-electron chi connectivity index (χ0n) is 10.5. The van der Waals surface area contributed by atoms with E-state index in [9.17, 15) is 5.26 Å². The Morgan fingerprint density at radius 1 is 1.00 bits per heavy atom. The van der Waals surface area contributed by atoms with Gasteiger partial charge in [-0.3, -0.25) is 0 Å². The molecule has 19 heavy (non-hydrogen) atoms. The van der Waals surface area contributed by atoms with Crippen molar-refractivity contribution in [1.82, 2.24) is 0 Å². The zero-order chi connectivity index (χ0) is 13.1. The van der Waals surface area contributed by atoms with Gasteiger partial charge < -0.3 is 0 Å². The first-order valence-corrected chi connectivity index (χ1v) is 6.32. The number of allylic oxidation sites excluding steroid dienone is 2. The molecule has 2 aromatic rings. The van der Waals surface area contributed by atoms with Crippen molar-refractivity contribution < 1.29 is 0 Å². The average molecular weight is 243 g/mol. The SMILES string of the molecule is N#CC(=Cc1ccccc1)C1C=Cc2ccccc21. The minimum atomic E-state index is 0.0846. The first-order chi connectivity index (χ1) is 9.38. The summed E-state index contributed by atoms with van der Waals surface area (Å²) in [7, 11) is 0. The molecule has 0 amide bonds. The van der Waals surface area contributed by atoms with Crippen LogP contribution >= 0.6 is 0 Å². The highest BCUT2D eigenvalue weighted by Crippen LogP contribution is 2.35. The Hall–Kier alpha value is -2.59. The van der Waals surface area contributed by atoms with Crippen LogP contribution in [0.2, 0.25) is 0 Å². The molecule has 1 aliphatic rings. The molecule has 2 aromatic carbocycles. The van der Waals surface area contributed by atoms with Crippen LogP contribution in [0.25, 0.3) is 12.2 Å². The molecule has 0 saturated heterocycles. The zero-order valence-corrected chi connectivity index (χ0v) is 10.5. The predicted octanol–water partition coefficient (Wildman–Crippen LogP) is 4.40. The Bertz CT molecular complexity index is 687. The van der Waals surface area contributed by atoms with Crippen LogP contribution in [-0.4, -0.2) is 0 Å². The van der Waals surface area contributed by atoms with Crippen LogP contribution in [0.15, 0.2) is 66.2 Å². The number of nitrogens with zero attached hydrogens (tertiary/aromatic N) is 1. The van der Waals surface area contributed by atoms with Crippen molar-refractivity contribution in [3.05, 3.63) is 82.9 Å². The third-order valence-electron chi connectivity index (χ3n) is 3.39. The Labute approximate surface area is 113 Å². The molecule has 0 aromatic heterocycles. The van der Waals surface area contributed by atoms with Gasteiger partial charge in [0, 0.05) is 11.5 Å². The van der Waals surface area contributed by atoms with Crippen LogP contribution in [0.1, 0.15) is 22.6 Å². The van der Waals surface area contributed by atoms with Gasteiger partial charge in [0.25, 0.3) is 0 Å². The van der Waals surface area contributed by atoms with Crippen LogP contribution in [0.5, 0.6) is 0 Å². The lowest BCUT2D eigenvalue weighted by molar-refractivity contribution is 1.06. The van der Waals surface area contributed by atoms with Crippen molar-refractivity contribution in [3.63, 3.8) is 0 Å². The summed E-state index contributed by atoms with van der Waals surface area (Å²) in [4.78, 5) is 0. The van der Waals surface area contributed by atoms with Gasteiger partial charge in [-0.05, 0) is 22.8 Å². The summed E-state index contributed by atoms with van der Waals surface area (Å²) >= 11 is 0. The topological polar surface area (TPSA) is 23.8 Å². The van der Waals surface area contributed by atoms with E-state index in [-0.39, 0.29) is 5.92 Å². The quantitative estimate of drug-likeness (QED) is 0.717. The summed E-state index contributed by atoms with van der Waals surface area (Å²) in [6.07, 6.45) is 6.16. The average Bonchev–Trinajstić information content (AvgIpc) is 2.90. The molecular weight excluding hydrogens is 230 g/mol. The molecule has 0 radical (unpaired) electrons. The van der Waals surface area contributed by atoms with E-state index in [1.807, 2.05) is 48.5 Å². The summed E-state index contributed by atoms with van der Waals surface area (Å²) in [6.45, 7) is 0. The molecule has 0 aliphatic heterocycles. The third kappa shape index (κ3) is 2.21. The van der Waals surface area contributed by atoms with Gasteiger partial charge in [-0.25, -0.2) is 0 Å². The smallest absolute Gasteiger partial charge is 0.0957 e. The molecule has 1 heteroatoms.